The predicted octanol–water partition coefficient (Wildman–Crippen LogP) is 4.49. The van der Waals surface area contributed by atoms with E-state index in [0.29, 0.717) is 11.1 Å². The molecule has 6 nitrogen and oxygen atoms in total. The van der Waals surface area contributed by atoms with Crippen molar-refractivity contribution in [3.63, 3.8) is 0 Å². The first-order valence-electron chi connectivity index (χ1n) is 9.52. The molecule has 0 spiro atoms. The summed E-state index contributed by atoms with van der Waals surface area (Å²) in [7, 11) is 0. The number of thioether (sulfide) groups is 1. The summed E-state index contributed by atoms with van der Waals surface area (Å²) in [6.07, 6.45) is 6.40. The molecule has 0 aliphatic heterocycles. The van der Waals surface area contributed by atoms with Gasteiger partial charge in [-0.3, -0.25) is 4.79 Å². The largest absolute Gasteiger partial charge is 0.469 e. The molecule has 0 fully saturated rings. The predicted molar refractivity (Wildman–Crippen MR) is 107 cm³/mol. The summed E-state index contributed by atoms with van der Waals surface area (Å²) in [5, 5.41) is 11.4. The third-order valence-corrected chi connectivity index (χ3v) is 5.89. The van der Waals surface area contributed by atoms with E-state index >= 15 is 0 Å². The molecule has 28 heavy (non-hydrogen) atoms. The topological polar surface area (TPSA) is 81.2 Å². The van der Waals surface area contributed by atoms with E-state index in [9.17, 15) is 4.79 Å². The summed E-state index contributed by atoms with van der Waals surface area (Å²) in [5.74, 6) is 1.28. The fourth-order valence-corrected chi connectivity index (χ4v) is 4.07. The van der Waals surface area contributed by atoms with E-state index in [-0.39, 0.29) is 17.7 Å². The van der Waals surface area contributed by atoms with Crippen LogP contribution in [0.5, 0.6) is 0 Å². The summed E-state index contributed by atoms with van der Waals surface area (Å²) in [5.41, 5.74) is 4.79. The lowest BCUT2D eigenvalue weighted by Gasteiger charge is -2.20. The van der Waals surface area contributed by atoms with Crippen molar-refractivity contribution in [2.45, 2.75) is 50.8 Å². The average molecular weight is 398 g/mol. The molecule has 0 radical (unpaired) electrons. The summed E-state index contributed by atoms with van der Waals surface area (Å²) in [6, 6.07) is 8.32. The van der Waals surface area contributed by atoms with Gasteiger partial charge in [0, 0.05) is 0 Å². The van der Waals surface area contributed by atoms with Crippen LogP contribution in [-0.4, -0.2) is 21.9 Å². The van der Waals surface area contributed by atoms with Gasteiger partial charge in [-0.1, -0.05) is 30.0 Å². The van der Waals surface area contributed by atoms with Crippen LogP contribution in [0, 0.1) is 6.92 Å². The van der Waals surface area contributed by atoms with Gasteiger partial charge in [-0.05, 0) is 62.3 Å². The third kappa shape index (κ3) is 4.14. The second-order valence-electron chi connectivity index (χ2n) is 7.08. The molecule has 0 saturated heterocycles. The zero-order valence-corrected chi connectivity index (χ0v) is 16.8. The number of furan rings is 1. The number of hydrogen-bond donors (Lipinski definition) is 1. The van der Waals surface area contributed by atoms with Crippen molar-refractivity contribution in [2.24, 2.45) is 0 Å². The van der Waals surface area contributed by atoms with Crippen LogP contribution in [-0.2, 0) is 17.6 Å². The molecule has 4 rings (SSSR count). The van der Waals surface area contributed by atoms with E-state index in [2.05, 4.69) is 33.7 Å². The van der Waals surface area contributed by atoms with Gasteiger partial charge < -0.3 is 14.2 Å². The minimum atomic E-state index is -0.0607. The van der Waals surface area contributed by atoms with Crippen LogP contribution in [0.3, 0.4) is 0 Å². The molecule has 2 heterocycles. The number of hydrogen-bond acceptors (Lipinski definition) is 6. The smallest absolute Gasteiger partial charge is 0.277 e. The fourth-order valence-electron chi connectivity index (χ4n) is 3.50. The second kappa shape index (κ2) is 8.22. The van der Waals surface area contributed by atoms with Crippen LogP contribution in [0.25, 0.3) is 11.5 Å². The number of benzene rings is 1. The van der Waals surface area contributed by atoms with Crippen molar-refractivity contribution in [2.75, 3.05) is 5.75 Å². The van der Waals surface area contributed by atoms with Gasteiger partial charge in [-0.25, -0.2) is 0 Å². The molecule has 1 atom stereocenters. The number of carbonyl (C=O) groups excluding carboxylic acids is 1. The highest BCUT2D eigenvalue weighted by Crippen LogP contribution is 2.27. The first kappa shape index (κ1) is 18.8. The van der Waals surface area contributed by atoms with Crippen molar-refractivity contribution >= 4 is 17.7 Å². The van der Waals surface area contributed by atoms with Crippen molar-refractivity contribution < 1.29 is 13.6 Å². The Morgan fingerprint density at radius 3 is 2.82 bits per heavy atom. The average Bonchev–Trinajstić information content (AvgIpc) is 3.34. The molecule has 0 bridgehead atoms. The quantitative estimate of drug-likeness (QED) is 0.618. The highest BCUT2D eigenvalue weighted by Gasteiger charge is 2.17. The van der Waals surface area contributed by atoms with Crippen molar-refractivity contribution in [3.05, 3.63) is 53.0 Å². The summed E-state index contributed by atoms with van der Waals surface area (Å²) < 4.78 is 10.9. The molecule has 2 aromatic heterocycles. The van der Waals surface area contributed by atoms with Crippen molar-refractivity contribution in [1.82, 2.24) is 15.5 Å². The number of nitrogens with zero attached hydrogens (tertiary/aromatic N) is 2. The van der Waals surface area contributed by atoms with Crippen molar-refractivity contribution in [3.8, 4) is 11.5 Å². The number of carbonyl (C=O) groups is 1. The standard InChI is InChI=1S/C21H23N3O3S/c1-13(16-8-7-15-5-3-4-6-17(15)11-16)22-19(25)12-28-21-24-23-20(27-21)18-9-10-26-14(18)2/h7-11,13H,3-6,12H2,1-2H3,(H,22,25). The maximum absolute atomic E-state index is 12.3. The van der Waals surface area contributed by atoms with Gasteiger partial charge in [0.05, 0.1) is 23.6 Å². The molecule has 1 aliphatic rings. The Hall–Kier alpha value is -2.54. The number of fused-ring (bicyclic) bond motifs is 1. The summed E-state index contributed by atoms with van der Waals surface area (Å²) in [6.45, 7) is 3.85. The van der Waals surface area contributed by atoms with Crippen LogP contribution >= 0.6 is 11.8 Å². The Labute approximate surface area is 168 Å². The molecule has 1 aromatic carbocycles. The monoisotopic (exact) mass is 397 g/mol. The minimum Gasteiger partial charge on any atom is -0.469 e. The van der Waals surface area contributed by atoms with Gasteiger partial charge in [0.1, 0.15) is 5.76 Å². The first-order chi connectivity index (χ1) is 13.6. The Morgan fingerprint density at radius 2 is 2.04 bits per heavy atom. The van der Waals surface area contributed by atoms with Crippen molar-refractivity contribution in [1.29, 1.82) is 0 Å². The molecular weight excluding hydrogens is 374 g/mol. The SMILES string of the molecule is Cc1occc1-c1nnc(SCC(=O)NC(C)c2ccc3c(c2)CCCC3)o1. The fraction of sp³-hybridized carbons (Fsp3) is 0.381. The maximum Gasteiger partial charge on any atom is 0.277 e. The highest BCUT2D eigenvalue weighted by molar-refractivity contribution is 7.99. The zero-order chi connectivity index (χ0) is 19.5. The van der Waals surface area contributed by atoms with Gasteiger partial charge in [0.15, 0.2) is 0 Å². The van der Waals surface area contributed by atoms with E-state index in [1.807, 2.05) is 13.8 Å². The Bertz CT molecular complexity index is 979. The van der Waals surface area contributed by atoms with E-state index in [0.717, 1.165) is 29.7 Å². The number of amides is 1. The van der Waals surface area contributed by atoms with Gasteiger partial charge in [-0.15, -0.1) is 10.2 Å². The molecule has 146 valence electrons. The lowest BCUT2D eigenvalue weighted by molar-refractivity contribution is -0.119. The second-order valence-corrected chi connectivity index (χ2v) is 8.00. The molecule has 7 heteroatoms. The third-order valence-electron chi connectivity index (χ3n) is 5.07. The molecule has 0 saturated carbocycles. The van der Waals surface area contributed by atoms with Crippen LogP contribution in [0.1, 0.15) is 48.3 Å². The molecule has 1 N–H and O–H groups in total. The number of aryl methyl sites for hydroxylation is 3. The van der Waals surface area contributed by atoms with Gasteiger partial charge in [0.2, 0.25) is 5.91 Å². The summed E-state index contributed by atoms with van der Waals surface area (Å²) >= 11 is 1.23. The Balaban J connectivity index is 1.32. The molecule has 3 aromatic rings. The lowest BCUT2D eigenvalue weighted by atomic mass is 9.89. The minimum absolute atomic E-state index is 0.0350. The van der Waals surface area contributed by atoms with E-state index in [1.165, 1.54) is 35.7 Å². The Morgan fingerprint density at radius 1 is 1.21 bits per heavy atom. The summed E-state index contributed by atoms with van der Waals surface area (Å²) in [4.78, 5) is 12.3. The maximum atomic E-state index is 12.3. The normalized spacial score (nSPS) is 14.5. The Kier molecular flexibility index (Phi) is 5.52. The highest BCUT2D eigenvalue weighted by atomic mass is 32.2. The molecular formula is C21H23N3O3S. The molecule has 1 aliphatic carbocycles. The van der Waals surface area contributed by atoms with E-state index < -0.39 is 0 Å². The van der Waals surface area contributed by atoms with Gasteiger partial charge in [-0.2, -0.15) is 0 Å². The van der Waals surface area contributed by atoms with Crippen LogP contribution < -0.4 is 5.32 Å². The number of nitrogens with one attached hydrogen (secondary N) is 1. The van der Waals surface area contributed by atoms with Crippen LogP contribution in [0.15, 0.2) is 44.6 Å². The van der Waals surface area contributed by atoms with E-state index in [1.54, 1.807) is 12.3 Å². The van der Waals surface area contributed by atoms with Gasteiger partial charge >= 0.3 is 0 Å². The number of rotatable bonds is 6. The van der Waals surface area contributed by atoms with Gasteiger partial charge in [0.25, 0.3) is 11.1 Å². The lowest BCUT2D eigenvalue weighted by Crippen LogP contribution is -2.28. The molecule has 1 unspecified atom stereocenters. The van der Waals surface area contributed by atoms with E-state index in [4.69, 9.17) is 8.83 Å². The molecule has 1 amide bonds. The van der Waals surface area contributed by atoms with Crippen LogP contribution in [0.4, 0.5) is 0 Å². The number of aromatic nitrogens is 2. The first-order valence-corrected chi connectivity index (χ1v) is 10.5. The zero-order valence-electron chi connectivity index (χ0n) is 16.0. The van der Waals surface area contributed by atoms with Crippen LogP contribution in [0.2, 0.25) is 0 Å².